The Morgan fingerprint density at radius 2 is 1.88 bits per heavy atom. The highest BCUT2D eigenvalue weighted by molar-refractivity contribution is 6.55. The highest BCUT2D eigenvalue weighted by Crippen LogP contribution is 2.60. The fourth-order valence-electron chi connectivity index (χ4n) is 2.64. The van der Waals surface area contributed by atoms with Gasteiger partial charge >= 0.3 is 5.97 Å². The van der Waals surface area contributed by atoms with E-state index in [9.17, 15) is 14.9 Å². The fraction of sp³-hybridized carbons (Fsp3) is 0.400. The number of carbonyl (C=O) groups is 1. The molecule has 9 heteroatoms. The van der Waals surface area contributed by atoms with E-state index in [1.807, 2.05) is 13.8 Å². The number of hydrogen-bond donors (Lipinski definition) is 0. The smallest absolute Gasteiger partial charge is 0.310 e. The molecule has 1 aromatic rings. The van der Waals surface area contributed by atoms with E-state index in [4.69, 9.17) is 51.1 Å². The summed E-state index contributed by atoms with van der Waals surface area (Å²) in [5.41, 5.74) is -0.224. The van der Waals surface area contributed by atoms with Gasteiger partial charge in [-0.05, 0) is 17.4 Å². The van der Waals surface area contributed by atoms with E-state index in [1.165, 1.54) is 0 Å². The van der Waals surface area contributed by atoms with E-state index >= 15 is 0 Å². The third-order valence-corrected chi connectivity index (χ3v) is 5.09. The van der Waals surface area contributed by atoms with Crippen LogP contribution in [-0.2, 0) is 16.1 Å². The van der Waals surface area contributed by atoms with Crippen LogP contribution in [-0.4, -0.2) is 10.9 Å². The van der Waals surface area contributed by atoms with Crippen LogP contribution in [0.15, 0.2) is 22.7 Å². The Kier molecular flexibility index (Phi) is 5.70. The number of carbonyl (C=O) groups excluding carboxylic acids is 1. The first kappa shape index (κ1) is 19.3. The van der Waals surface area contributed by atoms with E-state index < -0.39 is 10.9 Å². The molecule has 1 fully saturated rings. The summed E-state index contributed by atoms with van der Waals surface area (Å²) in [6, 6.07) is 2.33. The van der Waals surface area contributed by atoms with Gasteiger partial charge in [-0.25, -0.2) is 0 Å². The zero-order valence-corrected chi connectivity index (χ0v) is 15.7. The van der Waals surface area contributed by atoms with E-state index in [-0.39, 0.29) is 44.1 Å². The number of nitrogens with zero attached hydrogens (tertiary/aromatic N) is 1. The van der Waals surface area contributed by atoms with Crippen LogP contribution in [0, 0.1) is 27.4 Å². The second kappa shape index (κ2) is 7.08. The van der Waals surface area contributed by atoms with Gasteiger partial charge in [-0.3, -0.25) is 14.9 Å². The van der Waals surface area contributed by atoms with Crippen LogP contribution >= 0.6 is 46.4 Å². The molecule has 0 aliphatic heterocycles. The quantitative estimate of drug-likeness (QED) is 0.361. The van der Waals surface area contributed by atoms with Gasteiger partial charge in [0.05, 0.1) is 20.9 Å². The number of hydrogen-bond acceptors (Lipinski definition) is 4. The number of ether oxygens (including phenoxy) is 1. The predicted molar refractivity (Wildman–Crippen MR) is 93.5 cm³/mol. The molecule has 2 rings (SSSR count). The third kappa shape index (κ3) is 3.97. The zero-order valence-electron chi connectivity index (χ0n) is 12.7. The van der Waals surface area contributed by atoms with E-state index in [1.54, 1.807) is 6.08 Å². The molecule has 1 aromatic carbocycles. The van der Waals surface area contributed by atoms with Crippen molar-refractivity contribution in [3.8, 4) is 0 Å². The molecule has 1 aliphatic carbocycles. The fourth-order valence-corrected chi connectivity index (χ4v) is 3.50. The molecule has 0 aromatic heterocycles. The van der Waals surface area contributed by atoms with Gasteiger partial charge in [-0.2, -0.15) is 0 Å². The molecule has 130 valence electrons. The molecule has 0 saturated heterocycles. The maximum Gasteiger partial charge on any atom is 0.310 e. The summed E-state index contributed by atoms with van der Waals surface area (Å²) in [5.74, 6) is -0.917. The lowest BCUT2D eigenvalue weighted by molar-refractivity contribution is -0.384. The Bertz CT molecular complexity index is 705. The molecular formula is C15H13Cl4NO4. The summed E-state index contributed by atoms with van der Waals surface area (Å²) >= 11 is 23.3. The Labute approximate surface area is 158 Å². The first-order valence-electron chi connectivity index (χ1n) is 6.87. The van der Waals surface area contributed by atoms with Crippen molar-refractivity contribution >= 4 is 58.1 Å². The molecule has 5 nitrogen and oxygen atoms in total. The molecule has 0 unspecified atom stereocenters. The van der Waals surface area contributed by atoms with Crippen molar-refractivity contribution in [2.24, 2.45) is 17.3 Å². The first-order valence-corrected chi connectivity index (χ1v) is 8.38. The van der Waals surface area contributed by atoms with Gasteiger partial charge in [0.2, 0.25) is 0 Å². The lowest BCUT2D eigenvalue weighted by Gasteiger charge is -2.09. The number of non-ortho nitro benzene ring substituents is 1. The van der Waals surface area contributed by atoms with E-state index in [0.717, 1.165) is 12.1 Å². The van der Waals surface area contributed by atoms with Gasteiger partial charge in [0.25, 0.3) is 5.69 Å². The minimum absolute atomic E-state index is 0.0669. The molecule has 24 heavy (non-hydrogen) atoms. The predicted octanol–water partition coefficient (Wildman–Crippen LogP) is 5.54. The molecule has 2 atom stereocenters. The van der Waals surface area contributed by atoms with Crippen LogP contribution in [0.1, 0.15) is 19.4 Å². The van der Waals surface area contributed by atoms with Crippen molar-refractivity contribution in [3.63, 3.8) is 0 Å². The van der Waals surface area contributed by atoms with Gasteiger partial charge in [0.1, 0.15) is 11.1 Å². The highest BCUT2D eigenvalue weighted by Gasteiger charge is 2.61. The second-order valence-electron chi connectivity index (χ2n) is 6.03. The molecule has 1 saturated carbocycles. The average molecular weight is 413 g/mol. The lowest BCUT2D eigenvalue weighted by Crippen LogP contribution is -2.11. The molecule has 0 spiro atoms. The van der Waals surface area contributed by atoms with Crippen molar-refractivity contribution in [3.05, 3.63) is 48.4 Å². The summed E-state index contributed by atoms with van der Waals surface area (Å²) in [4.78, 5) is 22.4. The maximum absolute atomic E-state index is 12.3. The number of allylic oxidation sites excluding steroid dienone is 1. The summed E-state index contributed by atoms with van der Waals surface area (Å²) in [6.45, 7) is 3.64. The third-order valence-electron chi connectivity index (χ3n) is 4.17. The summed E-state index contributed by atoms with van der Waals surface area (Å²) < 4.78 is 5.37. The number of esters is 1. The molecule has 0 heterocycles. The van der Waals surface area contributed by atoms with Crippen molar-refractivity contribution in [1.29, 1.82) is 0 Å². The first-order chi connectivity index (χ1) is 11.1. The van der Waals surface area contributed by atoms with Crippen LogP contribution in [0.3, 0.4) is 0 Å². The van der Waals surface area contributed by atoms with Gasteiger partial charge < -0.3 is 4.74 Å². The Hall–Kier alpha value is -1.01. The summed E-state index contributed by atoms with van der Waals surface area (Å²) in [7, 11) is 0. The minimum atomic E-state index is -0.604. The highest BCUT2D eigenvalue weighted by atomic mass is 35.5. The van der Waals surface area contributed by atoms with Crippen LogP contribution in [0.4, 0.5) is 5.69 Å². The lowest BCUT2D eigenvalue weighted by atomic mass is 10.1. The molecule has 0 bridgehead atoms. The van der Waals surface area contributed by atoms with Crippen LogP contribution < -0.4 is 0 Å². The standard InChI is InChI=1S/C15H13Cl4NO4/c1-15(2)9(5-12(18)19)13(15)14(21)24-6-8-10(16)3-7(20(22)23)4-11(8)17/h3-5,9,13H,6H2,1-2H3/t9-,13+/m1/s1. The Balaban J connectivity index is 2.08. The molecule has 0 radical (unpaired) electrons. The minimum Gasteiger partial charge on any atom is -0.460 e. The Morgan fingerprint density at radius 1 is 1.33 bits per heavy atom. The number of nitro benzene ring substituents is 1. The number of halogens is 4. The zero-order chi connectivity index (χ0) is 18.2. The Morgan fingerprint density at radius 3 is 2.33 bits per heavy atom. The van der Waals surface area contributed by atoms with Crippen LogP contribution in [0.2, 0.25) is 10.0 Å². The van der Waals surface area contributed by atoms with E-state index in [0.29, 0.717) is 5.56 Å². The number of nitro groups is 1. The van der Waals surface area contributed by atoms with Gasteiger partial charge in [-0.15, -0.1) is 0 Å². The molecular weight excluding hydrogens is 400 g/mol. The maximum atomic E-state index is 12.3. The van der Waals surface area contributed by atoms with Crippen LogP contribution in [0.25, 0.3) is 0 Å². The molecule has 1 aliphatic rings. The van der Waals surface area contributed by atoms with Crippen molar-refractivity contribution in [2.45, 2.75) is 20.5 Å². The summed E-state index contributed by atoms with van der Waals surface area (Å²) in [5, 5.41) is 10.9. The van der Waals surface area contributed by atoms with Crippen LogP contribution in [0.5, 0.6) is 0 Å². The van der Waals surface area contributed by atoms with Gasteiger partial charge in [-0.1, -0.05) is 60.3 Å². The van der Waals surface area contributed by atoms with Crippen molar-refractivity contribution in [1.82, 2.24) is 0 Å². The van der Waals surface area contributed by atoms with Crippen molar-refractivity contribution < 1.29 is 14.5 Å². The van der Waals surface area contributed by atoms with Crippen molar-refractivity contribution in [2.75, 3.05) is 0 Å². The molecule has 0 N–H and O–H groups in total. The largest absolute Gasteiger partial charge is 0.460 e. The van der Waals surface area contributed by atoms with Gasteiger partial charge in [0, 0.05) is 17.7 Å². The second-order valence-corrected chi connectivity index (χ2v) is 7.86. The topological polar surface area (TPSA) is 69.4 Å². The van der Waals surface area contributed by atoms with E-state index in [2.05, 4.69) is 0 Å². The normalized spacial score (nSPS) is 21.1. The SMILES string of the molecule is CC1(C)[C@H](C=C(Cl)Cl)[C@H]1C(=O)OCc1c(Cl)cc([N+](=O)[O-])cc1Cl. The monoisotopic (exact) mass is 411 g/mol. The average Bonchev–Trinajstić information content (AvgIpc) is 2.97. The number of rotatable bonds is 5. The van der Waals surface area contributed by atoms with Gasteiger partial charge in [0.15, 0.2) is 0 Å². The number of benzene rings is 1. The summed E-state index contributed by atoms with van der Waals surface area (Å²) in [6.07, 6.45) is 1.61. The molecule has 0 amide bonds.